The summed E-state index contributed by atoms with van der Waals surface area (Å²) in [7, 11) is 1.46. The fourth-order valence-corrected chi connectivity index (χ4v) is 1.96. The fraction of sp³-hybridized carbons (Fsp3) is 0.200. The Kier molecular flexibility index (Phi) is 4.24. The van der Waals surface area contributed by atoms with E-state index in [-0.39, 0.29) is 5.56 Å². The van der Waals surface area contributed by atoms with Gasteiger partial charge in [0.05, 0.1) is 0 Å². The minimum absolute atomic E-state index is 0.273. The second kappa shape index (κ2) is 5.91. The van der Waals surface area contributed by atoms with Crippen LogP contribution in [0.1, 0.15) is 23.3 Å². The molecule has 2 nitrogen and oxygen atoms in total. The van der Waals surface area contributed by atoms with Crippen LogP contribution in [0.25, 0.3) is 0 Å². The first-order valence-corrected chi connectivity index (χ1v) is 5.84. The molecule has 0 saturated carbocycles. The maximum atomic E-state index is 13.2. The van der Waals surface area contributed by atoms with Gasteiger partial charge in [-0.05, 0) is 23.3 Å². The maximum absolute atomic E-state index is 13.2. The highest BCUT2D eigenvalue weighted by atomic mass is 19.2. The second-order valence-corrected chi connectivity index (χ2v) is 4.19. The number of hydrogen-bond donors (Lipinski definition) is 1. The summed E-state index contributed by atoms with van der Waals surface area (Å²) in [6.45, 7) is 0. The number of methoxy groups -OCH3 is 1. The Labute approximate surface area is 110 Å². The highest BCUT2D eigenvalue weighted by Gasteiger charge is 2.23. The van der Waals surface area contributed by atoms with Crippen molar-refractivity contribution in [3.63, 3.8) is 0 Å². The van der Waals surface area contributed by atoms with Crippen LogP contribution in [0.3, 0.4) is 0 Å². The quantitative estimate of drug-likeness (QED) is 0.917. The van der Waals surface area contributed by atoms with E-state index in [4.69, 9.17) is 4.74 Å². The molecule has 0 bridgehead atoms. The average Bonchev–Trinajstić information content (AvgIpc) is 2.44. The highest BCUT2D eigenvalue weighted by molar-refractivity contribution is 5.26. The van der Waals surface area contributed by atoms with Gasteiger partial charge in [-0.3, -0.25) is 0 Å². The molecular formula is C15H14F2O2. The first kappa shape index (κ1) is 13.6. The van der Waals surface area contributed by atoms with Crippen molar-refractivity contribution in [1.29, 1.82) is 0 Å². The first-order chi connectivity index (χ1) is 9.13. The number of ether oxygens (including phenoxy) is 1. The summed E-state index contributed by atoms with van der Waals surface area (Å²) in [6, 6.07) is 12.4. The van der Waals surface area contributed by atoms with E-state index in [1.165, 1.54) is 13.2 Å². The minimum Gasteiger partial charge on any atom is -0.385 e. The molecule has 0 aliphatic rings. The molecule has 2 aromatic carbocycles. The van der Waals surface area contributed by atoms with Crippen LogP contribution in [0.4, 0.5) is 8.78 Å². The standard InChI is InChI=1S/C15H14F2O2/c1-19-15(10-5-3-2-4-6-10)14(18)11-7-8-12(16)13(17)9-11/h2-9,14-15,18H,1H3. The number of halogens is 2. The molecular weight excluding hydrogens is 250 g/mol. The van der Waals surface area contributed by atoms with Crippen molar-refractivity contribution < 1.29 is 18.6 Å². The lowest BCUT2D eigenvalue weighted by Crippen LogP contribution is -2.13. The molecule has 2 atom stereocenters. The van der Waals surface area contributed by atoms with Crippen molar-refractivity contribution in [2.24, 2.45) is 0 Å². The van der Waals surface area contributed by atoms with E-state index >= 15 is 0 Å². The zero-order valence-electron chi connectivity index (χ0n) is 10.4. The number of benzene rings is 2. The molecule has 0 heterocycles. The summed E-state index contributed by atoms with van der Waals surface area (Å²) in [5, 5.41) is 10.2. The van der Waals surface area contributed by atoms with Gasteiger partial charge in [0.1, 0.15) is 12.2 Å². The van der Waals surface area contributed by atoms with Crippen molar-refractivity contribution in [3.05, 3.63) is 71.3 Å². The Morgan fingerprint density at radius 1 is 0.947 bits per heavy atom. The van der Waals surface area contributed by atoms with Gasteiger partial charge in [0.15, 0.2) is 11.6 Å². The molecule has 2 unspecified atom stereocenters. The third-order valence-corrected chi connectivity index (χ3v) is 2.95. The number of aliphatic hydroxyl groups is 1. The van der Waals surface area contributed by atoms with Gasteiger partial charge < -0.3 is 9.84 Å². The van der Waals surface area contributed by atoms with Gasteiger partial charge in [0.25, 0.3) is 0 Å². The second-order valence-electron chi connectivity index (χ2n) is 4.19. The van der Waals surface area contributed by atoms with Crippen molar-refractivity contribution in [2.75, 3.05) is 7.11 Å². The number of aliphatic hydroxyl groups excluding tert-OH is 1. The van der Waals surface area contributed by atoms with Crippen molar-refractivity contribution >= 4 is 0 Å². The van der Waals surface area contributed by atoms with Crippen LogP contribution >= 0.6 is 0 Å². The molecule has 2 rings (SSSR count). The van der Waals surface area contributed by atoms with Gasteiger partial charge in [-0.25, -0.2) is 8.78 Å². The molecule has 0 saturated heterocycles. The molecule has 0 amide bonds. The largest absolute Gasteiger partial charge is 0.385 e. The Bertz CT molecular complexity index is 543. The van der Waals surface area contributed by atoms with Crippen LogP contribution in [-0.2, 0) is 4.74 Å². The molecule has 0 aliphatic carbocycles. The van der Waals surface area contributed by atoms with Crippen LogP contribution in [-0.4, -0.2) is 12.2 Å². The van der Waals surface area contributed by atoms with E-state index in [2.05, 4.69) is 0 Å². The predicted molar refractivity (Wildman–Crippen MR) is 67.5 cm³/mol. The summed E-state index contributed by atoms with van der Waals surface area (Å²) < 4.78 is 31.3. The van der Waals surface area contributed by atoms with Crippen molar-refractivity contribution in [1.82, 2.24) is 0 Å². The monoisotopic (exact) mass is 264 g/mol. The van der Waals surface area contributed by atoms with Crippen LogP contribution < -0.4 is 0 Å². The zero-order chi connectivity index (χ0) is 13.8. The lowest BCUT2D eigenvalue weighted by atomic mass is 9.98. The maximum Gasteiger partial charge on any atom is 0.159 e. The topological polar surface area (TPSA) is 29.5 Å². The summed E-state index contributed by atoms with van der Waals surface area (Å²) in [5.41, 5.74) is 1.04. The molecule has 0 spiro atoms. The van der Waals surface area contributed by atoms with Gasteiger partial charge in [-0.15, -0.1) is 0 Å². The smallest absolute Gasteiger partial charge is 0.159 e. The fourth-order valence-electron chi connectivity index (χ4n) is 1.96. The van der Waals surface area contributed by atoms with Gasteiger partial charge in [0, 0.05) is 7.11 Å². The van der Waals surface area contributed by atoms with E-state index in [1.54, 1.807) is 12.1 Å². The number of hydrogen-bond acceptors (Lipinski definition) is 2. The molecule has 0 fully saturated rings. The summed E-state index contributed by atoms with van der Waals surface area (Å²) in [6.07, 6.45) is -1.70. The van der Waals surface area contributed by atoms with Gasteiger partial charge in [-0.1, -0.05) is 36.4 Å². The lowest BCUT2D eigenvalue weighted by Gasteiger charge is -2.22. The van der Waals surface area contributed by atoms with E-state index < -0.39 is 23.8 Å². The van der Waals surface area contributed by atoms with E-state index in [0.717, 1.165) is 17.7 Å². The Morgan fingerprint density at radius 3 is 2.21 bits per heavy atom. The van der Waals surface area contributed by atoms with Crippen LogP contribution in [0.2, 0.25) is 0 Å². The van der Waals surface area contributed by atoms with E-state index in [1.807, 2.05) is 18.2 Å². The zero-order valence-corrected chi connectivity index (χ0v) is 10.4. The summed E-state index contributed by atoms with van der Waals surface area (Å²) in [5.74, 6) is -1.93. The summed E-state index contributed by atoms with van der Waals surface area (Å²) >= 11 is 0. The van der Waals surface area contributed by atoms with Gasteiger partial charge in [0.2, 0.25) is 0 Å². The van der Waals surface area contributed by atoms with Gasteiger partial charge >= 0.3 is 0 Å². The minimum atomic E-state index is -1.07. The third kappa shape index (κ3) is 2.97. The average molecular weight is 264 g/mol. The van der Waals surface area contributed by atoms with Crippen LogP contribution in [0.15, 0.2) is 48.5 Å². The van der Waals surface area contributed by atoms with Crippen LogP contribution in [0, 0.1) is 11.6 Å². The SMILES string of the molecule is COC(c1ccccc1)C(O)c1ccc(F)c(F)c1. The Balaban J connectivity index is 2.30. The molecule has 2 aromatic rings. The Morgan fingerprint density at radius 2 is 1.63 bits per heavy atom. The molecule has 0 aromatic heterocycles. The van der Waals surface area contributed by atoms with Gasteiger partial charge in [-0.2, -0.15) is 0 Å². The molecule has 19 heavy (non-hydrogen) atoms. The molecule has 0 aliphatic heterocycles. The predicted octanol–water partition coefficient (Wildman–Crippen LogP) is 3.39. The summed E-state index contributed by atoms with van der Waals surface area (Å²) in [4.78, 5) is 0. The molecule has 0 radical (unpaired) electrons. The Hall–Kier alpha value is -1.78. The first-order valence-electron chi connectivity index (χ1n) is 5.84. The van der Waals surface area contributed by atoms with Crippen LogP contribution in [0.5, 0.6) is 0 Å². The van der Waals surface area contributed by atoms with E-state index in [0.29, 0.717) is 0 Å². The van der Waals surface area contributed by atoms with E-state index in [9.17, 15) is 13.9 Å². The molecule has 4 heteroatoms. The normalized spacial score (nSPS) is 14.1. The molecule has 100 valence electrons. The highest BCUT2D eigenvalue weighted by Crippen LogP contribution is 2.31. The van der Waals surface area contributed by atoms with Crippen molar-refractivity contribution in [2.45, 2.75) is 12.2 Å². The molecule has 1 N–H and O–H groups in total. The number of rotatable bonds is 4. The van der Waals surface area contributed by atoms with Crippen molar-refractivity contribution in [3.8, 4) is 0 Å². The lowest BCUT2D eigenvalue weighted by molar-refractivity contribution is -0.0150. The third-order valence-electron chi connectivity index (χ3n) is 2.95.